The van der Waals surface area contributed by atoms with Crippen molar-refractivity contribution in [2.75, 3.05) is 0 Å². The van der Waals surface area contributed by atoms with Gasteiger partial charge in [0.05, 0.1) is 11.7 Å². The molecule has 2 atom stereocenters. The molecule has 6 aromatic carbocycles. The van der Waals surface area contributed by atoms with E-state index >= 15 is 0 Å². The number of nitrogens with zero attached hydrogens (tertiary/aromatic N) is 3. The Labute approximate surface area is 314 Å². The van der Waals surface area contributed by atoms with Gasteiger partial charge in [-0.05, 0) is 103 Å². The number of aliphatic imine (C=N–C) groups is 2. The Morgan fingerprint density at radius 1 is 0.500 bits per heavy atom. The summed E-state index contributed by atoms with van der Waals surface area (Å²) in [5.74, 6) is 1.49. The predicted molar refractivity (Wildman–Crippen MR) is 222 cm³/mol. The number of hydrogen-bond donors (Lipinski definition) is 2. The lowest BCUT2D eigenvalue weighted by Gasteiger charge is -2.28. The molecular weight excluding hydrogens is 659 g/mol. The Kier molecular flexibility index (Phi) is 7.88. The van der Waals surface area contributed by atoms with Crippen molar-refractivity contribution in [1.29, 1.82) is 0 Å². The molecule has 1 aliphatic carbocycles. The van der Waals surface area contributed by atoms with Crippen LogP contribution in [0, 0.1) is 0 Å². The van der Waals surface area contributed by atoms with Crippen molar-refractivity contribution in [3.05, 3.63) is 221 Å². The maximum absolute atomic E-state index is 5.23. The number of pyridine rings is 1. The summed E-state index contributed by atoms with van der Waals surface area (Å²) in [7, 11) is 0. The Bertz CT molecular complexity index is 2700. The summed E-state index contributed by atoms with van der Waals surface area (Å²) in [5.41, 5.74) is 13.3. The van der Waals surface area contributed by atoms with Gasteiger partial charge in [-0.3, -0.25) is 4.98 Å². The number of rotatable bonds is 6. The number of hydrogen-bond acceptors (Lipinski definition) is 5. The molecule has 1 aromatic heterocycles. The van der Waals surface area contributed by atoms with Crippen molar-refractivity contribution in [3.63, 3.8) is 0 Å². The standard InChI is InChI=1S/C49H35N5/c1-3-11-36(12-4-1)47-52-48(37-13-5-2-6-14-37)54-49(53-47)42-30-40(29-41(31-42)39-22-19-32-10-7-8-15-38(32)28-39)33-17-20-34(21-18-33)43-25-27-51-46-44(43)24-23-35-16-9-26-50-45(35)46/h1-31,46-47,51H,(H,52,53,54). The summed E-state index contributed by atoms with van der Waals surface area (Å²) in [4.78, 5) is 15.1. The molecule has 0 radical (unpaired) electrons. The van der Waals surface area contributed by atoms with E-state index in [1.165, 1.54) is 21.9 Å². The van der Waals surface area contributed by atoms with Gasteiger partial charge in [0.25, 0.3) is 0 Å². The quantitative estimate of drug-likeness (QED) is 0.182. The van der Waals surface area contributed by atoms with Gasteiger partial charge in [0, 0.05) is 17.3 Å². The highest BCUT2D eigenvalue weighted by Gasteiger charge is 2.26. The summed E-state index contributed by atoms with van der Waals surface area (Å²) < 4.78 is 0. The molecule has 10 rings (SSSR count). The molecule has 0 saturated carbocycles. The second-order valence-corrected chi connectivity index (χ2v) is 13.8. The molecule has 0 spiro atoms. The zero-order valence-corrected chi connectivity index (χ0v) is 29.4. The first-order valence-corrected chi connectivity index (χ1v) is 18.3. The van der Waals surface area contributed by atoms with Gasteiger partial charge in [-0.1, -0.05) is 140 Å². The summed E-state index contributed by atoms with van der Waals surface area (Å²) in [6.07, 6.45) is 10.2. The normalized spacial score (nSPS) is 17.2. The number of benzene rings is 6. The Morgan fingerprint density at radius 2 is 1.20 bits per heavy atom. The third kappa shape index (κ3) is 5.92. The average molecular weight is 694 g/mol. The minimum atomic E-state index is -0.284. The number of allylic oxidation sites excluding steroid dienone is 2. The first-order chi connectivity index (χ1) is 26.7. The molecular formula is C49H35N5. The SMILES string of the molecule is C1=CC(c2ccc(-c3cc(C4=NC(c5ccccc5)NC(c5ccccc5)=N4)cc(-c4ccc5ccccc5c4)c3)cc2)=C2C=Cc3cccnc3C2N1. The van der Waals surface area contributed by atoms with Crippen LogP contribution in [-0.2, 0) is 0 Å². The van der Waals surface area contributed by atoms with E-state index in [0.717, 1.165) is 61.6 Å². The fourth-order valence-electron chi connectivity index (χ4n) is 7.66. The van der Waals surface area contributed by atoms with E-state index in [1.807, 2.05) is 42.7 Å². The fraction of sp³-hybridized carbons (Fsp3) is 0.0408. The van der Waals surface area contributed by atoms with Crippen LogP contribution in [0.25, 0.3) is 44.7 Å². The van der Waals surface area contributed by atoms with Gasteiger partial charge in [-0.2, -0.15) is 0 Å². The minimum Gasteiger partial charge on any atom is -0.379 e. The molecule has 3 heterocycles. The van der Waals surface area contributed by atoms with Gasteiger partial charge in [0.15, 0.2) is 5.84 Å². The van der Waals surface area contributed by atoms with Crippen molar-refractivity contribution >= 4 is 34.1 Å². The lowest BCUT2D eigenvalue weighted by Crippen LogP contribution is -2.33. The molecule has 2 aliphatic heterocycles. The molecule has 54 heavy (non-hydrogen) atoms. The monoisotopic (exact) mass is 693 g/mol. The van der Waals surface area contributed by atoms with Gasteiger partial charge in [-0.15, -0.1) is 0 Å². The maximum Gasteiger partial charge on any atom is 0.159 e. The summed E-state index contributed by atoms with van der Waals surface area (Å²) in [5, 5.41) is 9.56. The summed E-state index contributed by atoms with van der Waals surface area (Å²) in [6.45, 7) is 0. The molecule has 0 bridgehead atoms. The van der Waals surface area contributed by atoms with Crippen LogP contribution in [0.15, 0.2) is 198 Å². The van der Waals surface area contributed by atoms with Crippen LogP contribution in [-0.4, -0.2) is 16.7 Å². The lowest BCUT2D eigenvalue weighted by molar-refractivity contribution is 0.674. The highest BCUT2D eigenvalue weighted by atomic mass is 15.2. The van der Waals surface area contributed by atoms with E-state index < -0.39 is 0 Å². The summed E-state index contributed by atoms with van der Waals surface area (Å²) in [6, 6.07) is 55.6. The van der Waals surface area contributed by atoms with E-state index in [9.17, 15) is 0 Å². The van der Waals surface area contributed by atoms with Crippen LogP contribution in [0.4, 0.5) is 0 Å². The Morgan fingerprint density at radius 3 is 2.04 bits per heavy atom. The highest BCUT2D eigenvalue weighted by Crippen LogP contribution is 2.39. The second-order valence-electron chi connectivity index (χ2n) is 13.8. The molecule has 2 unspecified atom stereocenters. The van der Waals surface area contributed by atoms with Gasteiger partial charge in [0.1, 0.15) is 12.0 Å². The minimum absolute atomic E-state index is 0.0267. The third-order valence-corrected chi connectivity index (χ3v) is 10.4. The van der Waals surface area contributed by atoms with E-state index in [1.54, 1.807) is 0 Å². The first kappa shape index (κ1) is 31.6. The predicted octanol–water partition coefficient (Wildman–Crippen LogP) is 10.7. The van der Waals surface area contributed by atoms with Crippen molar-refractivity contribution in [2.24, 2.45) is 9.98 Å². The van der Waals surface area contributed by atoms with Gasteiger partial charge < -0.3 is 10.6 Å². The van der Waals surface area contributed by atoms with Crippen molar-refractivity contribution in [1.82, 2.24) is 15.6 Å². The Balaban J connectivity index is 1.09. The van der Waals surface area contributed by atoms with Crippen LogP contribution < -0.4 is 10.6 Å². The molecule has 3 aliphatic rings. The van der Waals surface area contributed by atoms with Crippen LogP contribution >= 0.6 is 0 Å². The van der Waals surface area contributed by atoms with Crippen LogP contribution in [0.2, 0.25) is 0 Å². The molecule has 5 nitrogen and oxygen atoms in total. The van der Waals surface area contributed by atoms with Crippen LogP contribution in [0.3, 0.4) is 0 Å². The lowest BCUT2D eigenvalue weighted by atomic mass is 9.85. The van der Waals surface area contributed by atoms with Gasteiger partial charge >= 0.3 is 0 Å². The zero-order valence-electron chi connectivity index (χ0n) is 29.4. The number of nitrogens with one attached hydrogen (secondary N) is 2. The maximum atomic E-state index is 5.23. The smallest absolute Gasteiger partial charge is 0.159 e. The van der Waals surface area contributed by atoms with Crippen molar-refractivity contribution in [2.45, 2.75) is 12.2 Å². The third-order valence-electron chi connectivity index (χ3n) is 10.4. The molecule has 0 saturated heterocycles. The number of dihydropyridines is 1. The van der Waals surface area contributed by atoms with Crippen LogP contribution in [0.1, 0.15) is 45.7 Å². The van der Waals surface area contributed by atoms with Crippen LogP contribution in [0.5, 0.6) is 0 Å². The molecule has 7 aromatic rings. The van der Waals surface area contributed by atoms with E-state index in [2.05, 4.69) is 156 Å². The zero-order chi connectivity index (χ0) is 35.8. The number of amidine groups is 2. The second kappa shape index (κ2) is 13.5. The Hall–Kier alpha value is -7.11. The molecule has 2 N–H and O–H groups in total. The molecule has 256 valence electrons. The largest absolute Gasteiger partial charge is 0.379 e. The van der Waals surface area contributed by atoms with E-state index in [4.69, 9.17) is 15.0 Å². The number of fused-ring (bicyclic) bond motifs is 4. The first-order valence-electron chi connectivity index (χ1n) is 18.3. The van der Waals surface area contributed by atoms with Gasteiger partial charge in [0.2, 0.25) is 0 Å². The van der Waals surface area contributed by atoms with Gasteiger partial charge in [-0.25, -0.2) is 9.98 Å². The number of aromatic nitrogens is 1. The van der Waals surface area contributed by atoms with E-state index in [-0.39, 0.29) is 12.2 Å². The van der Waals surface area contributed by atoms with Crippen molar-refractivity contribution < 1.29 is 0 Å². The average Bonchev–Trinajstić information content (AvgIpc) is 3.26. The topological polar surface area (TPSA) is 61.7 Å². The van der Waals surface area contributed by atoms with Crippen molar-refractivity contribution in [3.8, 4) is 22.3 Å². The highest BCUT2D eigenvalue weighted by molar-refractivity contribution is 6.13. The molecule has 5 heteroatoms. The molecule has 0 amide bonds. The summed E-state index contributed by atoms with van der Waals surface area (Å²) >= 11 is 0. The fourth-order valence-corrected chi connectivity index (χ4v) is 7.66. The molecule has 0 fully saturated rings. The van der Waals surface area contributed by atoms with E-state index in [0.29, 0.717) is 5.84 Å².